The van der Waals surface area contributed by atoms with Crippen LogP contribution in [-0.2, 0) is 4.79 Å². The Morgan fingerprint density at radius 3 is 2.58 bits per heavy atom. The van der Waals surface area contributed by atoms with Gasteiger partial charge in [0.1, 0.15) is 5.76 Å². The zero-order chi connectivity index (χ0) is 17.7. The maximum Gasteiger partial charge on any atom is 0.244 e. The lowest BCUT2D eigenvalue weighted by molar-refractivity contribution is -0.120. The Labute approximate surface area is 153 Å². The fourth-order valence-corrected chi connectivity index (χ4v) is 5.83. The third-order valence-corrected chi connectivity index (χ3v) is 6.68. The largest absolute Gasteiger partial charge is 0.493 e. The Hall–Kier alpha value is -2.23. The first-order chi connectivity index (χ1) is 12.7. The molecule has 1 aromatic carbocycles. The molecule has 0 aliphatic heterocycles. The van der Waals surface area contributed by atoms with Crippen LogP contribution in [0.4, 0.5) is 0 Å². The number of ether oxygens (including phenoxy) is 1. The van der Waals surface area contributed by atoms with Gasteiger partial charge in [0.25, 0.3) is 0 Å². The molecule has 4 nitrogen and oxygen atoms in total. The molecule has 0 radical (unpaired) electrons. The van der Waals surface area contributed by atoms with E-state index in [0.717, 1.165) is 22.8 Å². The highest BCUT2D eigenvalue weighted by atomic mass is 16.5. The van der Waals surface area contributed by atoms with Crippen LogP contribution in [0, 0.1) is 23.7 Å². The van der Waals surface area contributed by atoms with Gasteiger partial charge in [-0.05, 0) is 74.0 Å². The van der Waals surface area contributed by atoms with Gasteiger partial charge in [-0.1, -0.05) is 12.1 Å². The maximum absolute atomic E-state index is 12.5. The number of carbonyl (C=O) groups excluding carboxylic acids is 1. The molecule has 4 heteroatoms. The van der Waals surface area contributed by atoms with Crippen molar-refractivity contribution in [3.8, 4) is 5.75 Å². The predicted octanol–water partition coefficient (Wildman–Crippen LogP) is 4.40. The number of rotatable bonds is 4. The molecule has 0 saturated heterocycles. The molecule has 4 fully saturated rings. The number of para-hydroxylation sites is 1. The van der Waals surface area contributed by atoms with Crippen LogP contribution in [0.5, 0.6) is 5.75 Å². The molecule has 2 aromatic rings. The van der Waals surface area contributed by atoms with Gasteiger partial charge in [-0.15, -0.1) is 0 Å². The van der Waals surface area contributed by atoms with E-state index in [1.165, 1.54) is 32.1 Å². The molecule has 6 rings (SSSR count). The zero-order valence-corrected chi connectivity index (χ0v) is 15.1. The number of methoxy groups -OCH3 is 1. The van der Waals surface area contributed by atoms with Gasteiger partial charge >= 0.3 is 0 Å². The van der Waals surface area contributed by atoms with Crippen molar-refractivity contribution in [1.82, 2.24) is 5.32 Å². The van der Waals surface area contributed by atoms with Crippen molar-refractivity contribution in [2.24, 2.45) is 23.7 Å². The molecule has 0 atom stereocenters. The first-order valence-electron chi connectivity index (χ1n) is 9.74. The van der Waals surface area contributed by atoms with Crippen molar-refractivity contribution >= 4 is 23.0 Å². The van der Waals surface area contributed by atoms with Gasteiger partial charge in [-0.2, -0.15) is 0 Å². The summed E-state index contributed by atoms with van der Waals surface area (Å²) in [5, 5.41) is 4.27. The molecule has 4 aliphatic rings. The molecule has 1 heterocycles. The van der Waals surface area contributed by atoms with Crippen LogP contribution >= 0.6 is 0 Å². The van der Waals surface area contributed by atoms with Crippen molar-refractivity contribution in [2.45, 2.75) is 38.1 Å². The SMILES string of the molecule is COc1cccc2cc(/C=C/C(=O)NC3C4CC5CC(C4)CC3C5)oc12. The van der Waals surface area contributed by atoms with Gasteiger partial charge in [-0.3, -0.25) is 4.79 Å². The van der Waals surface area contributed by atoms with E-state index in [0.29, 0.717) is 29.4 Å². The van der Waals surface area contributed by atoms with E-state index in [1.54, 1.807) is 19.3 Å². The first kappa shape index (κ1) is 16.0. The number of hydrogen-bond donors (Lipinski definition) is 1. The number of carbonyl (C=O) groups is 1. The molecular weight excluding hydrogens is 326 g/mol. The normalized spacial score (nSPS) is 32.4. The average molecular weight is 351 g/mol. The summed E-state index contributed by atoms with van der Waals surface area (Å²) in [5.41, 5.74) is 0.719. The molecule has 136 valence electrons. The number of fused-ring (bicyclic) bond motifs is 1. The van der Waals surface area contributed by atoms with Gasteiger partial charge in [0.2, 0.25) is 5.91 Å². The van der Waals surface area contributed by atoms with Crippen LogP contribution in [0.3, 0.4) is 0 Å². The molecule has 1 amide bonds. The van der Waals surface area contributed by atoms with E-state index in [-0.39, 0.29) is 5.91 Å². The molecular formula is C22H25NO3. The van der Waals surface area contributed by atoms with Gasteiger partial charge in [0.05, 0.1) is 7.11 Å². The monoisotopic (exact) mass is 351 g/mol. The second-order valence-electron chi connectivity index (χ2n) is 8.33. The molecule has 4 aliphatic carbocycles. The van der Waals surface area contributed by atoms with E-state index < -0.39 is 0 Å². The molecule has 4 saturated carbocycles. The number of furan rings is 1. The smallest absolute Gasteiger partial charge is 0.244 e. The van der Waals surface area contributed by atoms with Crippen LogP contribution < -0.4 is 10.1 Å². The molecule has 0 spiro atoms. The lowest BCUT2D eigenvalue weighted by Crippen LogP contribution is -2.55. The Kier molecular flexibility index (Phi) is 3.80. The highest BCUT2D eigenvalue weighted by Gasteiger charge is 2.48. The molecule has 26 heavy (non-hydrogen) atoms. The summed E-state index contributed by atoms with van der Waals surface area (Å²) in [6, 6.07) is 8.09. The number of amides is 1. The summed E-state index contributed by atoms with van der Waals surface area (Å²) in [6.07, 6.45) is 10.0. The summed E-state index contributed by atoms with van der Waals surface area (Å²) in [4.78, 5) is 12.5. The average Bonchev–Trinajstić information content (AvgIpc) is 3.05. The Bertz CT molecular complexity index is 837. The third-order valence-electron chi connectivity index (χ3n) is 6.68. The van der Waals surface area contributed by atoms with Crippen molar-refractivity contribution in [3.63, 3.8) is 0 Å². The molecule has 1 aromatic heterocycles. The van der Waals surface area contributed by atoms with Crippen LogP contribution in [0.25, 0.3) is 17.0 Å². The van der Waals surface area contributed by atoms with Crippen LogP contribution in [-0.4, -0.2) is 19.1 Å². The minimum absolute atomic E-state index is 0.00473. The maximum atomic E-state index is 12.5. The molecule has 4 bridgehead atoms. The first-order valence-corrected chi connectivity index (χ1v) is 9.74. The fraction of sp³-hybridized carbons (Fsp3) is 0.500. The fourth-order valence-electron chi connectivity index (χ4n) is 5.83. The Balaban J connectivity index is 1.28. The summed E-state index contributed by atoms with van der Waals surface area (Å²) in [5.74, 6) is 4.61. The van der Waals surface area contributed by atoms with Gasteiger partial charge in [0, 0.05) is 17.5 Å². The van der Waals surface area contributed by atoms with Crippen molar-refractivity contribution in [1.29, 1.82) is 0 Å². The van der Waals surface area contributed by atoms with Gasteiger partial charge in [-0.25, -0.2) is 0 Å². The minimum Gasteiger partial charge on any atom is -0.493 e. The Morgan fingerprint density at radius 2 is 1.88 bits per heavy atom. The topological polar surface area (TPSA) is 51.5 Å². The van der Waals surface area contributed by atoms with E-state index >= 15 is 0 Å². The van der Waals surface area contributed by atoms with Crippen LogP contribution in [0.1, 0.15) is 37.9 Å². The quantitative estimate of drug-likeness (QED) is 0.831. The summed E-state index contributed by atoms with van der Waals surface area (Å²) < 4.78 is 11.2. The van der Waals surface area contributed by atoms with Gasteiger partial charge in [0.15, 0.2) is 11.3 Å². The standard InChI is InChI=1S/C22H25NO3/c1-25-19-4-2-3-15-12-18(26-22(15)19)5-6-20(24)23-21-16-8-13-7-14(10-16)11-17(21)9-13/h2-6,12-14,16-17,21H,7-11H2,1H3,(H,23,24)/b6-5+. The van der Waals surface area contributed by atoms with E-state index in [4.69, 9.17) is 9.15 Å². The van der Waals surface area contributed by atoms with Crippen molar-refractivity contribution in [2.75, 3.05) is 7.11 Å². The summed E-state index contributed by atoms with van der Waals surface area (Å²) in [7, 11) is 1.63. The highest BCUT2D eigenvalue weighted by molar-refractivity contribution is 5.93. The van der Waals surface area contributed by atoms with E-state index in [2.05, 4.69) is 5.32 Å². The minimum atomic E-state index is -0.00473. The summed E-state index contributed by atoms with van der Waals surface area (Å²) >= 11 is 0. The zero-order valence-electron chi connectivity index (χ0n) is 15.1. The predicted molar refractivity (Wildman–Crippen MR) is 101 cm³/mol. The van der Waals surface area contributed by atoms with Crippen molar-refractivity contribution in [3.05, 3.63) is 36.1 Å². The lowest BCUT2D eigenvalue weighted by atomic mass is 9.54. The van der Waals surface area contributed by atoms with Gasteiger partial charge < -0.3 is 14.5 Å². The van der Waals surface area contributed by atoms with Crippen LogP contribution in [0.2, 0.25) is 0 Å². The number of nitrogens with one attached hydrogen (secondary N) is 1. The van der Waals surface area contributed by atoms with Crippen molar-refractivity contribution < 1.29 is 13.9 Å². The van der Waals surface area contributed by atoms with Crippen LogP contribution in [0.15, 0.2) is 34.8 Å². The highest BCUT2D eigenvalue weighted by Crippen LogP contribution is 2.53. The number of benzene rings is 1. The number of hydrogen-bond acceptors (Lipinski definition) is 3. The summed E-state index contributed by atoms with van der Waals surface area (Å²) in [6.45, 7) is 0. The Morgan fingerprint density at radius 1 is 1.15 bits per heavy atom. The molecule has 0 unspecified atom stereocenters. The third kappa shape index (κ3) is 2.72. The molecule has 1 N–H and O–H groups in total. The second-order valence-corrected chi connectivity index (χ2v) is 8.33. The van der Waals surface area contributed by atoms with E-state index in [1.807, 2.05) is 24.3 Å². The second kappa shape index (κ2) is 6.19. The lowest BCUT2D eigenvalue weighted by Gasteiger charge is -2.54. The van der Waals surface area contributed by atoms with E-state index in [9.17, 15) is 4.79 Å².